The number of anilines is 2. The lowest BCUT2D eigenvalue weighted by Crippen LogP contribution is -2.13. The first kappa shape index (κ1) is 14.0. The number of halogens is 2. The summed E-state index contributed by atoms with van der Waals surface area (Å²) < 4.78 is 1.02. The summed E-state index contributed by atoms with van der Waals surface area (Å²) in [6.45, 7) is 0. The van der Waals surface area contributed by atoms with Crippen LogP contribution in [0.25, 0.3) is 10.9 Å². The van der Waals surface area contributed by atoms with Crippen molar-refractivity contribution in [2.24, 2.45) is 0 Å². The molecule has 6 nitrogen and oxygen atoms in total. The molecule has 0 spiro atoms. The monoisotopic (exact) mass is 409 g/mol. The smallest absolute Gasteiger partial charge is 0.259 e. The number of hydrogen-bond acceptors (Lipinski definition) is 4. The average molecular weight is 411 g/mol. The van der Waals surface area contributed by atoms with Gasteiger partial charge in [-0.2, -0.15) is 0 Å². The number of hydrogen-bond donors (Lipinski definition) is 3. The van der Waals surface area contributed by atoms with Crippen LogP contribution in [0.2, 0.25) is 0 Å². The molecule has 0 fully saturated rings. The molecule has 0 aliphatic heterocycles. The third kappa shape index (κ3) is 2.77. The van der Waals surface area contributed by atoms with Crippen molar-refractivity contribution in [1.29, 1.82) is 0 Å². The number of amides is 1. The number of nitrogen functional groups attached to an aromatic ring is 1. The summed E-state index contributed by atoms with van der Waals surface area (Å²) in [5.41, 5.74) is 7.70. The number of aromatic amines is 1. The molecule has 0 atom stereocenters. The van der Waals surface area contributed by atoms with Gasteiger partial charge in [0.25, 0.3) is 5.91 Å². The molecule has 0 aliphatic rings. The normalized spacial score (nSPS) is 10.8. The topological polar surface area (TPSA) is 96.7 Å². The Morgan fingerprint density at radius 2 is 2.14 bits per heavy atom. The summed E-state index contributed by atoms with van der Waals surface area (Å²) in [4.78, 5) is 23.6. The van der Waals surface area contributed by atoms with E-state index in [9.17, 15) is 4.79 Å². The number of nitrogens with one attached hydrogen (secondary N) is 2. The minimum atomic E-state index is -0.288. The zero-order valence-corrected chi connectivity index (χ0v) is 13.7. The highest BCUT2D eigenvalue weighted by molar-refractivity contribution is 9.11. The van der Waals surface area contributed by atoms with Gasteiger partial charge >= 0.3 is 0 Å². The predicted molar refractivity (Wildman–Crippen MR) is 88.1 cm³/mol. The number of fused-ring (bicyclic) bond motifs is 1. The van der Waals surface area contributed by atoms with Crippen LogP contribution in [0, 0.1) is 0 Å². The Hall–Kier alpha value is -1.93. The second kappa shape index (κ2) is 5.45. The number of carbonyl (C=O) groups is 1. The molecule has 0 radical (unpaired) electrons. The number of nitrogens with two attached hydrogens (primary N) is 1. The summed E-state index contributed by atoms with van der Waals surface area (Å²) in [6, 6.07) is 5.36. The summed E-state index contributed by atoms with van der Waals surface area (Å²) in [5, 5.41) is 3.47. The highest BCUT2D eigenvalue weighted by atomic mass is 79.9. The maximum absolute atomic E-state index is 12.4. The minimum absolute atomic E-state index is 0.288. The second-order valence-corrected chi connectivity index (χ2v) is 5.86. The fourth-order valence-corrected chi connectivity index (χ4v) is 2.84. The summed E-state index contributed by atoms with van der Waals surface area (Å²) >= 11 is 6.46. The predicted octanol–water partition coefficient (Wildman–Crippen LogP) is 3.32. The maximum Gasteiger partial charge on any atom is 0.259 e. The Morgan fingerprint density at radius 1 is 1.33 bits per heavy atom. The maximum atomic E-state index is 12.4. The molecular formula is C13H9Br2N5O. The average Bonchev–Trinajstić information content (AvgIpc) is 2.85. The van der Waals surface area contributed by atoms with Crippen LogP contribution in [-0.4, -0.2) is 20.9 Å². The van der Waals surface area contributed by atoms with Crippen LogP contribution in [0.15, 0.2) is 39.8 Å². The van der Waals surface area contributed by atoms with E-state index in [4.69, 9.17) is 5.73 Å². The highest BCUT2D eigenvalue weighted by Crippen LogP contribution is 2.24. The Kier molecular flexibility index (Phi) is 3.64. The van der Waals surface area contributed by atoms with E-state index >= 15 is 0 Å². The zero-order chi connectivity index (χ0) is 15.0. The fraction of sp³-hybridized carbons (Fsp3) is 0. The lowest BCUT2D eigenvalue weighted by Gasteiger charge is -2.05. The molecule has 0 unspecified atom stereocenters. The van der Waals surface area contributed by atoms with Crippen LogP contribution in [0.1, 0.15) is 10.4 Å². The van der Waals surface area contributed by atoms with Crippen LogP contribution in [0.5, 0.6) is 0 Å². The standard InChI is InChI=1S/C13H9Br2N5O/c14-10-5-18-12(11(15)19-10)20-13(21)8-4-17-9-2-1-6(16)3-7(8)9/h1-5,17H,16H2,(H,18,20,21). The number of aromatic nitrogens is 3. The van der Waals surface area contributed by atoms with Gasteiger partial charge in [-0.3, -0.25) is 4.79 Å². The first-order valence-corrected chi connectivity index (χ1v) is 7.49. The van der Waals surface area contributed by atoms with Crippen molar-refractivity contribution in [3.05, 3.63) is 45.4 Å². The van der Waals surface area contributed by atoms with E-state index in [0.717, 1.165) is 10.9 Å². The quantitative estimate of drug-likeness (QED) is 0.564. The van der Waals surface area contributed by atoms with Gasteiger partial charge in [-0.15, -0.1) is 0 Å². The number of carbonyl (C=O) groups excluding carboxylic acids is 1. The molecular weight excluding hydrogens is 402 g/mol. The van der Waals surface area contributed by atoms with E-state index in [0.29, 0.717) is 26.3 Å². The molecule has 0 saturated carbocycles. The van der Waals surface area contributed by atoms with Gasteiger partial charge in [0.2, 0.25) is 0 Å². The number of benzene rings is 1. The Labute approximate surface area is 136 Å². The largest absolute Gasteiger partial charge is 0.399 e. The lowest BCUT2D eigenvalue weighted by atomic mass is 10.1. The summed E-state index contributed by atoms with van der Waals surface area (Å²) in [7, 11) is 0. The number of nitrogens with zero attached hydrogens (tertiary/aromatic N) is 2. The Bertz CT molecular complexity index is 846. The third-order valence-electron chi connectivity index (χ3n) is 2.88. The summed E-state index contributed by atoms with van der Waals surface area (Å²) in [5.74, 6) is 0.0608. The molecule has 1 aromatic carbocycles. The fourth-order valence-electron chi connectivity index (χ4n) is 1.93. The molecule has 0 saturated heterocycles. The van der Waals surface area contributed by atoms with Crippen LogP contribution >= 0.6 is 31.9 Å². The van der Waals surface area contributed by atoms with Gasteiger partial charge in [-0.1, -0.05) is 0 Å². The van der Waals surface area contributed by atoms with Gasteiger partial charge < -0.3 is 16.0 Å². The molecule has 4 N–H and O–H groups in total. The Morgan fingerprint density at radius 3 is 2.90 bits per heavy atom. The van der Waals surface area contributed by atoms with Crippen molar-refractivity contribution in [1.82, 2.24) is 15.0 Å². The van der Waals surface area contributed by atoms with E-state index in [1.54, 1.807) is 18.3 Å². The molecule has 3 aromatic rings. The van der Waals surface area contributed by atoms with Crippen LogP contribution in [-0.2, 0) is 0 Å². The van der Waals surface area contributed by atoms with Crippen molar-refractivity contribution in [3.63, 3.8) is 0 Å². The minimum Gasteiger partial charge on any atom is -0.399 e. The number of rotatable bonds is 2. The molecule has 0 bridgehead atoms. The Balaban J connectivity index is 1.95. The molecule has 3 rings (SSSR count). The van der Waals surface area contributed by atoms with E-state index in [2.05, 4.69) is 52.1 Å². The highest BCUT2D eigenvalue weighted by Gasteiger charge is 2.15. The van der Waals surface area contributed by atoms with Crippen molar-refractivity contribution >= 4 is 60.2 Å². The van der Waals surface area contributed by atoms with Crippen molar-refractivity contribution in [2.45, 2.75) is 0 Å². The van der Waals surface area contributed by atoms with Gasteiger partial charge in [0, 0.05) is 22.8 Å². The molecule has 0 aliphatic carbocycles. The summed E-state index contributed by atoms with van der Waals surface area (Å²) in [6.07, 6.45) is 3.15. The molecule has 8 heteroatoms. The second-order valence-electron chi connectivity index (χ2n) is 4.29. The third-order valence-corrected chi connectivity index (χ3v) is 3.82. The van der Waals surface area contributed by atoms with Crippen LogP contribution in [0.4, 0.5) is 11.5 Å². The van der Waals surface area contributed by atoms with Gasteiger partial charge in [-0.25, -0.2) is 9.97 Å². The van der Waals surface area contributed by atoms with E-state index < -0.39 is 0 Å². The van der Waals surface area contributed by atoms with Gasteiger partial charge in [0.05, 0.1) is 11.8 Å². The van der Waals surface area contributed by atoms with Crippen molar-refractivity contribution in [2.75, 3.05) is 11.1 Å². The van der Waals surface area contributed by atoms with Crippen molar-refractivity contribution in [3.8, 4) is 0 Å². The molecule has 21 heavy (non-hydrogen) atoms. The lowest BCUT2D eigenvalue weighted by molar-refractivity contribution is 0.102. The van der Waals surface area contributed by atoms with E-state index in [-0.39, 0.29) is 5.91 Å². The van der Waals surface area contributed by atoms with Gasteiger partial charge in [0.1, 0.15) is 9.21 Å². The molecule has 106 valence electrons. The molecule has 1 amide bonds. The van der Waals surface area contributed by atoms with E-state index in [1.165, 1.54) is 6.20 Å². The van der Waals surface area contributed by atoms with Crippen LogP contribution in [0.3, 0.4) is 0 Å². The van der Waals surface area contributed by atoms with E-state index in [1.807, 2.05) is 6.07 Å². The van der Waals surface area contributed by atoms with Gasteiger partial charge in [-0.05, 0) is 50.1 Å². The van der Waals surface area contributed by atoms with Gasteiger partial charge in [0.15, 0.2) is 5.82 Å². The first-order chi connectivity index (χ1) is 10.0. The SMILES string of the molecule is Nc1ccc2[nH]cc(C(=O)Nc3ncc(Br)nc3Br)c2c1. The van der Waals surface area contributed by atoms with Crippen molar-refractivity contribution < 1.29 is 4.79 Å². The molecule has 2 heterocycles. The zero-order valence-electron chi connectivity index (χ0n) is 10.5. The molecule has 2 aromatic heterocycles. The van der Waals surface area contributed by atoms with Crippen LogP contribution < -0.4 is 11.1 Å². The first-order valence-electron chi connectivity index (χ1n) is 5.90. The number of H-pyrrole nitrogens is 1.